The van der Waals surface area contributed by atoms with Crippen LogP contribution in [-0.2, 0) is 0 Å². The van der Waals surface area contributed by atoms with Gasteiger partial charge in [-0.25, -0.2) is 4.98 Å². The largest absolute Gasteiger partial charge is 0.494 e. The highest BCUT2D eigenvalue weighted by Gasteiger charge is 2.11. The molecule has 0 saturated carbocycles. The summed E-state index contributed by atoms with van der Waals surface area (Å²) in [6.45, 7) is 6.47. The van der Waals surface area contributed by atoms with Crippen LogP contribution in [-0.4, -0.2) is 22.6 Å². The van der Waals surface area contributed by atoms with Crippen LogP contribution in [0.15, 0.2) is 36.4 Å². The van der Waals surface area contributed by atoms with Gasteiger partial charge in [0, 0.05) is 5.56 Å². The maximum atomic E-state index is 12.4. The molecule has 0 radical (unpaired) electrons. The molecule has 1 amide bonds. The average molecular weight is 386 g/mol. The number of anilines is 1. The second kappa shape index (κ2) is 7.80. The van der Waals surface area contributed by atoms with E-state index < -0.39 is 0 Å². The second-order valence-electron chi connectivity index (χ2n) is 5.87. The normalized spacial score (nSPS) is 10.6. The van der Waals surface area contributed by atoms with Gasteiger partial charge in [0.1, 0.15) is 5.75 Å². The Morgan fingerprint density at radius 1 is 1.19 bits per heavy atom. The lowest BCUT2D eigenvalue weighted by Gasteiger charge is -2.08. The Kier molecular flexibility index (Phi) is 5.49. The predicted octanol–water partition coefficient (Wildman–Crippen LogP) is 4.44. The number of hydrogen-bond donors (Lipinski definition) is 2. The molecule has 3 aromatic rings. The summed E-state index contributed by atoms with van der Waals surface area (Å²) in [5.74, 6) is 0.565. The van der Waals surface area contributed by atoms with Gasteiger partial charge < -0.3 is 10.1 Å². The summed E-state index contributed by atoms with van der Waals surface area (Å²) < 4.78 is 6.49. The molecular formula is C19H19N3O2S2. The van der Waals surface area contributed by atoms with Gasteiger partial charge in [0.15, 0.2) is 10.2 Å². The van der Waals surface area contributed by atoms with Crippen molar-refractivity contribution in [3.63, 3.8) is 0 Å². The van der Waals surface area contributed by atoms with Crippen LogP contribution in [0.5, 0.6) is 5.75 Å². The SMILES string of the molecule is CCOc1ccc2nc(NC(=S)NC(=O)c3cc(C)cc(C)c3)sc2c1. The minimum absolute atomic E-state index is 0.221. The third kappa shape index (κ3) is 4.36. The Morgan fingerprint density at radius 2 is 1.92 bits per heavy atom. The standard InChI is InChI=1S/C19H19N3O2S2/c1-4-24-14-5-6-15-16(10-14)26-19(20-15)22-18(25)21-17(23)13-8-11(2)7-12(3)9-13/h5-10H,4H2,1-3H3,(H2,20,21,22,23,25). The molecule has 0 bridgehead atoms. The van der Waals surface area contributed by atoms with Gasteiger partial charge in [0.2, 0.25) is 0 Å². The lowest BCUT2D eigenvalue weighted by molar-refractivity contribution is 0.0977. The van der Waals surface area contributed by atoms with Crippen LogP contribution in [0.25, 0.3) is 10.2 Å². The Balaban J connectivity index is 1.69. The highest BCUT2D eigenvalue weighted by Crippen LogP contribution is 2.29. The monoisotopic (exact) mass is 385 g/mol. The Hall–Kier alpha value is -2.51. The van der Waals surface area contributed by atoms with Gasteiger partial charge in [-0.3, -0.25) is 10.1 Å². The molecule has 134 valence electrons. The first-order valence-corrected chi connectivity index (χ1v) is 9.41. The number of thiocarbonyl (C=S) groups is 1. The van der Waals surface area contributed by atoms with E-state index in [1.165, 1.54) is 11.3 Å². The fourth-order valence-corrected chi connectivity index (χ4v) is 3.78. The van der Waals surface area contributed by atoms with E-state index in [1.54, 1.807) is 0 Å². The van der Waals surface area contributed by atoms with Gasteiger partial charge in [-0.05, 0) is 63.3 Å². The minimum Gasteiger partial charge on any atom is -0.494 e. The van der Waals surface area contributed by atoms with E-state index in [2.05, 4.69) is 15.6 Å². The molecule has 1 heterocycles. The molecule has 0 spiro atoms. The summed E-state index contributed by atoms with van der Waals surface area (Å²) in [6, 6.07) is 11.4. The second-order valence-corrected chi connectivity index (χ2v) is 7.31. The molecule has 0 fully saturated rings. The molecule has 26 heavy (non-hydrogen) atoms. The van der Waals surface area contributed by atoms with Crippen LogP contribution in [0.3, 0.4) is 0 Å². The fraction of sp³-hybridized carbons (Fsp3) is 0.211. The lowest BCUT2D eigenvalue weighted by atomic mass is 10.1. The van der Waals surface area contributed by atoms with Crippen molar-refractivity contribution in [1.82, 2.24) is 10.3 Å². The number of carbonyl (C=O) groups excluding carboxylic acids is 1. The maximum absolute atomic E-state index is 12.4. The van der Waals surface area contributed by atoms with Crippen molar-refractivity contribution in [1.29, 1.82) is 0 Å². The zero-order valence-corrected chi connectivity index (χ0v) is 16.4. The molecule has 0 atom stereocenters. The van der Waals surface area contributed by atoms with Gasteiger partial charge in [0.05, 0.1) is 16.8 Å². The molecule has 0 aliphatic heterocycles. The Labute approximate surface area is 161 Å². The first kappa shape index (κ1) is 18.3. The average Bonchev–Trinajstić information content (AvgIpc) is 2.95. The number of aryl methyl sites for hydroxylation is 2. The number of fused-ring (bicyclic) bond motifs is 1. The highest BCUT2D eigenvalue weighted by atomic mass is 32.1. The number of ether oxygens (including phenoxy) is 1. The van der Waals surface area contributed by atoms with Crippen molar-refractivity contribution >= 4 is 49.9 Å². The van der Waals surface area contributed by atoms with Crippen LogP contribution in [0.1, 0.15) is 28.4 Å². The maximum Gasteiger partial charge on any atom is 0.257 e. The van der Waals surface area contributed by atoms with Crippen LogP contribution in [0.4, 0.5) is 5.13 Å². The van der Waals surface area contributed by atoms with Gasteiger partial charge in [-0.1, -0.05) is 28.5 Å². The lowest BCUT2D eigenvalue weighted by Crippen LogP contribution is -2.34. The first-order valence-electron chi connectivity index (χ1n) is 8.18. The summed E-state index contributed by atoms with van der Waals surface area (Å²) >= 11 is 6.70. The van der Waals surface area contributed by atoms with E-state index >= 15 is 0 Å². The molecule has 0 aliphatic rings. The van der Waals surface area contributed by atoms with Crippen LogP contribution in [0, 0.1) is 13.8 Å². The molecule has 1 aromatic heterocycles. The molecule has 2 N–H and O–H groups in total. The van der Waals surface area contributed by atoms with Crippen molar-refractivity contribution in [2.45, 2.75) is 20.8 Å². The number of amides is 1. The number of thiazole rings is 1. The van der Waals surface area contributed by atoms with E-state index in [9.17, 15) is 4.79 Å². The number of aromatic nitrogens is 1. The molecular weight excluding hydrogens is 366 g/mol. The minimum atomic E-state index is -0.242. The first-order chi connectivity index (χ1) is 12.4. The Morgan fingerprint density at radius 3 is 2.62 bits per heavy atom. The third-order valence-corrected chi connectivity index (χ3v) is 4.74. The highest BCUT2D eigenvalue weighted by molar-refractivity contribution is 7.80. The van der Waals surface area contributed by atoms with Crippen molar-refractivity contribution in [3.8, 4) is 5.75 Å². The molecule has 7 heteroatoms. The van der Waals surface area contributed by atoms with Gasteiger partial charge >= 0.3 is 0 Å². The number of nitrogens with zero attached hydrogens (tertiary/aromatic N) is 1. The van der Waals surface area contributed by atoms with Crippen molar-refractivity contribution < 1.29 is 9.53 Å². The van der Waals surface area contributed by atoms with Crippen LogP contribution in [0.2, 0.25) is 0 Å². The summed E-state index contributed by atoms with van der Waals surface area (Å²) in [7, 11) is 0. The molecule has 5 nitrogen and oxygen atoms in total. The van der Waals surface area contributed by atoms with Gasteiger partial charge in [-0.2, -0.15) is 0 Å². The zero-order chi connectivity index (χ0) is 18.7. The zero-order valence-electron chi connectivity index (χ0n) is 14.8. The molecule has 0 saturated heterocycles. The number of carbonyl (C=O) groups is 1. The molecule has 2 aromatic carbocycles. The summed E-state index contributed by atoms with van der Waals surface area (Å²) in [6.07, 6.45) is 0. The van der Waals surface area contributed by atoms with Crippen molar-refractivity contribution in [2.75, 3.05) is 11.9 Å². The number of rotatable bonds is 4. The third-order valence-electron chi connectivity index (χ3n) is 3.60. The van der Waals surface area contributed by atoms with E-state index in [0.29, 0.717) is 17.3 Å². The van der Waals surface area contributed by atoms with E-state index in [1.807, 2.05) is 57.2 Å². The van der Waals surface area contributed by atoms with E-state index in [4.69, 9.17) is 17.0 Å². The summed E-state index contributed by atoms with van der Waals surface area (Å²) in [4.78, 5) is 16.8. The van der Waals surface area contributed by atoms with Gasteiger partial charge in [-0.15, -0.1) is 0 Å². The number of benzene rings is 2. The summed E-state index contributed by atoms with van der Waals surface area (Å²) in [5, 5.41) is 6.52. The fourth-order valence-electron chi connectivity index (χ4n) is 2.62. The molecule has 3 rings (SSSR count). The van der Waals surface area contributed by atoms with Gasteiger partial charge in [0.25, 0.3) is 5.91 Å². The summed E-state index contributed by atoms with van der Waals surface area (Å²) in [5.41, 5.74) is 3.50. The number of nitrogens with one attached hydrogen (secondary N) is 2. The van der Waals surface area contributed by atoms with E-state index in [0.717, 1.165) is 27.1 Å². The predicted molar refractivity (Wildman–Crippen MR) is 110 cm³/mol. The van der Waals surface area contributed by atoms with Crippen LogP contribution < -0.4 is 15.4 Å². The van der Waals surface area contributed by atoms with Crippen molar-refractivity contribution in [3.05, 3.63) is 53.1 Å². The van der Waals surface area contributed by atoms with Crippen LogP contribution >= 0.6 is 23.6 Å². The Bertz CT molecular complexity index is 962. The van der Waals surface area contributed by atoms with Crippen molar-refractivity contribution in [2.24, 2.45) is 0 Å². The topological polar surface area (TPSA) is 63.2 Å². The van der Waals surface area contributed by atoms with E-state index in [-0.39, 0.29) is 11.0 Å². The number of hydrogen-bond acceptors (Lipinski definition) is 5. The molecule has 0 unspecified atom stereocenters. The molecule has 0 aliphatic carbocycles. The smallest absolute Gasteiger partial charge is 0.257 e. The quantitative estimate of drug-likeness (QED) is 0.650.